The highest BCUT2D eigenvalue weighted by Gasteiger charge is 2.24. The molecule has 0 unspecified atom stereocenters. The van der Waals surface area contributed by atoms with E-state index in [0.29, 0.717) is 0 Å². The molecule has 0 aliphatic rings. The van der Waals surface area contributed by atoms with Gasteiger partial charge in [0.15, 0.2) is 0 Å². The predicted molar refractivity (Wildman–Crippen MR) is 82.7 cm³/mol. The van der Waals surface area contributed by atoms with E-state index >= 15 is 0 Å². The Morgan fingerprint density at radius 3 is 1.11 bits per heavy atom. The second-order valence-corrected chi connectivity index (χ2v) is 8.72. The largest absolute Gasteiger partial charge is 0.115 e. The Balaban J connectivity index is 3.49. The molecule has 1 heteroatoms. The lowest BCUT2D eigenvalue weighted by molar-refractivity contribution is 0.564. The van der Waals surface area contributed by atoms with Crippen LogP contribution in [0.3, 0.4) is 0 Å². The molecule has 0 aromatic heterocycles. The number of hydrogen-bond acceptors (Lipinski definition) is 0. The zero-order valence-corrected chi connectivity index (χ0v) is 13.9. The van der Waals surface area contributed by atoms with Gasteiger partial charge >= 0.3 is 0 Å². The van der Waals surface area contributed by atoms with E-state index in [2.05, 4.69) is 73.6 Å². The molecule has 0 saturated heterocycles. The summed E-state index contributed by atoms with van der Waals surface area (Å²) in [6.45, 7) is 17.6. The summed E-state index contributed by atoms with van der Waals surface area (Å²) in [6, 6.07) is 6.83. The van der Waals surface area contributed by atoms with Crippen LogP contribution in [0.1, 0.15) is 72.1 Å². The van der Waals surface area contributed by atoms with Crippen LogP contribution in [0, 0.1) is 0 Å². The lowest BCUT2D eigenvalue weighted by Gasteiger charge is -2.28. The number of halogens is 1. The van der Waals surface area contributed by atoms with Crippen molar-refractivity contribution in [2.75, 3.05) is 0 Å². The van der Waals surface area contributed by atoms with Gasteiger partial charge < -0.3 is 0 Å². The van der Waals surface area contributed by atoms with Crippen LogP contribution >= 0.6 is 11.6 Å². The van der Waals surface area contributed by atoms with Crippen molar-refractivity contribution in [1.29, 1.82) is 0 Å². The maximum atomic E-state index is 6.50. The molecule has 0 spiro atoms. The highest BCUT2D eigenvalue weighted by atomic mass is 35.5. The summed E-state index contributed by atoms with van der Waals surface area (Å²) >= 11 is 6.50. The molecule has 0 heterocycles. The lowest BCUT2D eigenvalue weighted by Crippen LogP contribution is -2.19. The fourth-order valence-corrected chi connectivity index (χ4v) is 1.95. The van der Waals surface area contributed by atoms with Crippen LogP contribution in [0.4, 0.5) is 0 Å². The van der Waals surface area contributed by atoms with Gasteiger partial charge in [-0.3, -0.25) is 0 Å². The zero-order chi connectivity index (χ0) is 14.4. The molecule has 1 aromatic carbocycles. The fraction of sp³-hybridized carbons (Fsp3) is 0.647. The van der Waals surface area contributed by atoms with Crippen LogP contribution in [0.2, 0.25) is 0 Å². The van der Waals surface area contributed by atoms with E-state index in [9.17, 15) is 0 Å². The molecule has 0 amide bonds. The molecule has 0 fully saturated rings. The van der Waals surface area contributed by atoms with Gasteiger partial charge in [0.05, 0.1) is 4.87 Å². The highest BCUT2D eigenvalue weighted by Crippen LogP contribution is 2.36. The fourth-order valence-electron chi connectivity index (χ4n) is 1.84. The smallest absolute Gasteiger partial charge is 0.0639 e. The average molecular weight is 267 g/mol. The molecule has 0 atom stereocenters. The molecular weight excluding hydrogens is 240 g/mol. The third kappa shape index (κ3) is 3.75. The minimum Gasteiger partial charge on any atom is -0.115 e. The number of hydrogen-bond donors (Lipinski definition) is 0. The minimum atomic E-state index is -0.318. The summed E-state index contributed by atoms with van der Waals surface area (Å²) in [5.74, 6) is 0. The van der Waals surface area contributed by atoms with Crippen LogP contribution in [-0.4, -0.2) is 0 Å². The summed E-state index contributed by atoms with van der Waals surface area (Å²) in [6.07, 6.45) is 0. The first-order valence-electron chi connectivity index (χ1n) is 6.67. The SMILES string of the molecule is CC(C)(C)c1cc(C(C)(C)C)cc(C(C)(C)Cl)c1. The molecule has 1 rings (SSSR count). The molecule has 0 nitrogen and oxygen atoms in total. The molecular formula is C17H27Cl. The normalized spacial score (nSPS) is 13.8. The predicted octanol–water partition coefficient (Wildman–Crippen LogP) is 5.76. The van der Waals surface area contributed by atoms with Crippen LogP contribution in [0.5, 0.6) is 0 Å². The first-order chi connectivity index (χ1) is 7.82. The molecule has 18 heavy (non-hydrogen) atoms. The van der Waals surface area contributed by atoms with Gasteiger partial charge in [-0.15, -0.1) is 11.6 Å². The lowest BCUT2D eigenvalue weighted by atomic mass is 9.78. The van der Waals surface area contributed by atoms with E-state index in [-0.39, 0.29) is 15.7 Å². The van der Waals surface area contributed by atoms with Gasteiger partial charge in [0.25, 0.3) is 0 Å². The maximum absolute atomic E-state index is 6.50. The van der Waals surface area contributed by atoms with E-state index in [1.54, 1.807) is 0 Å². The Morgan fingerprint density at radius 2 is 0.889 bits per heavy atom. The van der Waals surface area contributed by atoms with Crippen molar-refractivity contribution < 1.29 is 0 Å². The van der Waals surface area contributed by atoms with E-state index in [0.717, 1.165) is 0 Å². The van der Waals surface area contributed by atoms with Crippen LogP contribution in [0.15, 0.2) is 18.2 Å². The third-order valence-corrected chi connectivity index (χ3v) is 3.57. The Hall–Kier alpha value is -0.490. The topological polar surface area (TPSA) is 0 Å². The van der Waals surface area contributed by atoms with Crippen molar-refractivity contribution >= 4 is 11.6 Å². The van der Waals surface area contributed by atoms with Crippen LogP contribution in [0.25, 0.3) is 0 Å². The molecule has 0 radical (unpaired) electrons. The quantitative estimate of drug-likeness (QED) is 0.567. The molecule has 0 N–H and O–H groups in total. The van der Waals surface area contributed by atoms with E-state index in [4.69, 9.17) is 11.6 Å². The van der Waals surface area contributed by atoms with Gasteiger partial charge in [-0.2, -0.15) is 0 Å². The third-order valence-electron chi connectivity index (χ3n) is 3.35. The van der Waals surface area contributed by atoms with Gasteiger partial charge in [-0.05, 0) is 41.4 Å². The first-order valence-corrected chi connectivity index (χ1v) is 7.05. The summed E-state index contributed by atoms with van der Waals surface area (Å²) in [5, 5.41) is 0. The minimum absolute atomic E-state index is 0.151. The number of alkyl halides is 1. The summed E-state index contributed by atoms with van der Waals surface area (Å²) in [4.78, 5) is -0.318. The van der Waals surface area contributed by atoms with Crippen LogP contribution in [-0.2, 0) is 15.7 Å². The van der Waals surface area contributed by atoms with Crippen molar-refractivity contribution in [1.82, 2.24) is 0 Å². The van der Waals surface area contributed by atoms with Crippen molar-refractivity contribution in [3.8, 4) is 0 Å². The standard InChI is InChI=1S/C17H27Cl/c1-15(2,3)12-9-13(16(4,5)6)11-14(10-12)17(7,8)18/h9-11H,1-8H3. The van der Waals surface area contributed by atoms with E-state index < -0.39 is 0 Å². The summed E-state index contributed by atoms with van der Waals surface area (Å²) in [7, 11) is 0. The number of benzene rings is 1. The number of rotatable bonds is 1. The van der Waals surface area contributed by atoms with Crippen molar-refractivity contribution in [2.24, 2.45) is 0 Å². The van der Waals surface area contributed by atoms with Gasteiger partial charge in [0, 0.05) is 0 Å². The van der Waals surface area contributed by atoms with Gasteiger partial charge in [0.2, 0.25) is 0 Å². The molecule has 0 saturated carbocycles. The molecule has 102 valence electrons. The molecule has 1 aromatic rings. The van der Waals surface area contributed by atoms with Gasteiger partial charge in [0.1, 0.15) is 0 Å². The van der Waals surface area contributed by atoms with Gasteiger partial charge in [-0.1, -0.05) is 59.7 Å². The van der Waals surface area contributed by atoms with Crippen LogP contribution < -0.4 is 0 Å². The summed E-state index contributed by atoms with van der Waals surface area (Å²) < 4.78 is 0. The summed E-state index contributed by atoms with van der Waals surface area (Å²) in [5.41, 5.74) is 4.23. The van der Waals surface area contributed by atoms with E-state index in [1.807, 2.05) is 0 Å². The van der Waals surface area contributed by atoms with Crippen molar-refractivity contribution in [3.05, 3.63) is 34.9 Å². The Morgan fingerprint density at radius 1 is 0.611 bits per heavy atom. The Kier molecular flexibility index (Phi) is 3.94. The molecule has 0 aliphatic heterocycles. The van der Waals surface area contributed by atoms with Crippen molar-refractivity contribution in [3.63, 3.8) is 0 Å². The van der Waals surface area contributed by atoms with E-state index in [1.165, 1.54) is 16.7 Å². The highest BCUT2D eigenvalue weighted by molar-refractivity contribution is 6.23. The Bertz CT molecular complexity index is 343. The maximum Gasteiger partial charge on any atom is 0.0639 e. The molecule has 0 bridgehead atoms. The molecule has 0 aliphatic carbocycles. The second kappa shape index (κ2) is 4.56. The monoisotopic (exact) mass is 266 g/mol. The van der Waals surface area contributed by atoms with Crippen molar-refractivity contribution in [2.45, 2.75) is 71.1 Å². The van der Waals surface area contributed by atoms with Gasteiger partial charge in [-0.25, -0.2) is 0 Å². The second-order valence-electron chi connectivity index (χ2n) is 7.77. The average Bonchev–Trinajstić information content (AvgIpc) is 2.13. The Labute approximate surface area is 118 Å². The first kappa shape index (κ1) is 15.6. The zero-order valence-electron chi connectivity index (χ0n) is 13.1.